The van der Waals surface area contributed by atoms with Crippen LogP contribution < -0.4 is 0 Å². The van der Waals surface area contributed by atoms with Crippen LogP contribution in [0, 0.1) is 6.92 Å². The van der Waals surface area contributed by atoms with Gasteiger partial charge in [-0.3, -0.25) is 4.79 Å². The van der Waals surface area contributed by atoms with Gasteiger partial charge < -0.3 is 0 Å². The highest BCUT2D eigenvalue weighted by atomic mass is 16.1. The molecule has 3 heteroatoms. The second-order valence-corrected chi connectivity index (χ2v) is 4.29. The predicted molar refractivity (Wildman–Crippen MR) is 69.8 cm³/mol. The van der Waals surface area contributed by atoms with Crippen molar-refractivity contribution in [3.63, 3.8) is 0 Å². The standard InChI is InChI=1S/C15H12N2O/c1-11-5-4-6-12(9-11)15(18)13-10-16-17-8-3-2-7-14(13)17/h2-10H,1H3. The normalized spacial score (nSPS) is 10.7. The van der Waals surface area contributed by atoms with Crippen molar-refractivity contribution < 1.29 is 4.79 Å². The molecule has 3 rings (SSSR count). The quantitative estimate of drug-likeness (QED) is 0.641. The van der Waals surface area contributed by atoms with E-state index in [0.29, 0.717) is 11.1 Å². The van der Waals surface area contributed by atoms with Crippen molar-refractivity contribution in [1.82, 2.24) is 9.61 Å². The van der Waals surface area contributed by atoms with Gasteiger partial charge in [-0.25, -0.2) is 4.52 Å². The number of fused-ring (bicyclic) bond motifs is 1. The van der Waals surface area contributed by atoms with Crippen molar-refractivity contribution in [1.29, 1.82) is 0 Å². The van der Waals surface area contributed by atoms with Crippen LogP contribution in [0.1, 0.15) is 21.5 Å². The first-order valence-corrected chi connectivity index (χ1v) is 5.79. The first kappa shape index (κ1) is 10.7. The van der Waals surface area contributed by atoms with Gasteiger partial charge in [-0.05, 0) is 25.1 Å². The highest BCUT2D eigenvalue weighted by Gasteiger charge is 2.14. The van der Waals surface area contributed by atoms with Gasteiger partial charge in [0.15, 0.2) is 5.78 Å². The summed E-state index contributed by atoms with van der Waals surface area (Å²) in [7, 11) is 0. The largest absolute Gasteiger partial charge is 0.288 e. The zero-order valence-corrected chi connectivity index (χ0v) is 10.00. The lowest BCUT2D eigenvalue weighted by atomic mass is 10.0. The number of rotatable bonds is 2. The molecule has 0 radical (unpaired) electrons. The molecule has 0 bridgehead atoms. The molecule has 0 amide bonds. The van der Waals surface area contributed by atoms with Crippen molar-refractivity contribution in [3.05, 3.63) is 71.5 Å². The van der Waals surface area contributed by atoms with E-state index in [1.165, 1.54) is 0 Å². The Bertz CT molecular complexity index is 728. The smallest absolute Gasteiger partial charge is 0.196 e. The molecule has 0 fully saturated rings. The van der Waals surface area contributed by atoms with Gasteiger partial charge in [0.2, 0.25) is 0 Å². The van der Waals surface area contributed by atoms with Gasteiger partial charge in [0, 0.05) is 11.8 Å². The van der Waals surface area contributed by atoms with E-state index in [2.05, 4.69) is 5.10 Å². The molecule has 2 heterocycles. The number of hydrogen-bond acceptors (Lipinski definition) is 2. The maximum Gasteiger partial charge on any atom is 0.196 e. The molecule has 0 unspecified atom stereocenters. The van der Waals surface area contributed by atoms with Gasteiger partial charge in [-0.2, -0.15) is 5.10 Å². The number of ketones is 1. The fraction of sp³-hybridized carbons (Fsp3) is 0.0667. The van der Waals surface area contributed by atoms with Crippen molar-refractivity contribution in [2.45, 2.75) is 6.92 Å². The topological polar surface area (TPSA) is 34.4 Å². The summed E-state index contributed by atoms with van der Waals surface area (Å²) in [5.74, 6) is 0.0138. The van der Waals surface area contributed by atoms with E-state index < -0.39 is 0 Å². The lowest BCUT2D eigenvalue weighted by Crippen LogP contribution is -2.01. The van der Waals surface area contributed by atoms with Gasteiger partial charge in [0.05, 0.1) is 17.3 Å². The summed E-state index contributed by atoms with van der Waals surface area (Å²) in [6.45, 7) is 1.98. The van der Waals surface area contributed by atoms with Crippen molar-refractivity contribution in [2.24, 2.45) is 0 Å². The van der Waals surface area contributed by atoms with Crippen molar-refractivity contribution in [2.75, 3.05) is 0 Å². The van der Waals surface area contributed by atoms with Crippen LogP contribution in [-0.2, 0) is 0 Å². The Hall–Kier alpha value is -2.42. The molecule has 3 nitrogen and oxygen atoms in total. The molecule has 0 aliphatic rings. The monoisotopic (exact) mass is 236 g/mol. The minimum Gasteiger partial charge on any atom is -0.288 e. The van der Waals surface area contributed by atoms with Crippen molar-refractivity contribution >= 4 is 11.3 Å². The van der Waals surface area contributed by atoms with Crippen LogP contribution in [0.3, 0.4) is 0 Å². The van der Waals surface area contributed by atoms with E-state index >= 15 is 0 Å². The predicted octanol–water partition coefficient (Wildman–Crippen LogP) is 2.87. The number of hydrogen-bond donors (Lipinski definition) is 0. The number of nitrogens with zero attached hydrogens (tertiary/aromatic N) is 2. The molecule has 0 saturated carbocycles. The Morgan fingerprint density at radius 1 is 1.17 bits per heavy atom. The second kappa shape index (κ2) is 4.11. The Balaban J connectivity index is 2.12. The number of aryl methyl sites for hydroxylation is 1. The summed E-state index contributed by atoms with van der Waals surface area (Å²) < 4.78 is 1.71. The number of benzene rings is 1. The van der Waals surface area contributed by atoms with E-state index in [0.717, 1.165) is 11.1 Å². The van der Waals surface area contributed by atoms with Crippen LogP contribution in [0.25, 0.3) is 5.52 Å². The molecule has 0 spiro atoms. The molecule has 0 N–H and O–H groups in total. The van der Waals surface area contributed by atoms with E-state index in [1.807, 2.05) is 55.6 Å². The number of aromatic nitrogens is 2. The SMILES string of the molecule is Cc1cccc(C(=O)c2cnn3ccccc23)c1. The summed E-state index contributed by atoms with van der Waals surface area (Å²) in [6.07, 6.45) is 3.46. The maximum atomic E-state index is 12.4. The summed E-state index contributed by atoms with van der Waals surface area (Å²) in [4.78, 5) is 12.4. The molecule has 0 aliphatic heterocycles. The zero-order valence-electron chi connectivity index (χ0n) is 10.00. The fourth-order valence-electron chi connectivity index (χ4n) is 2.05. The van der Waals surface area contributed by atoms with E-state index in [1.54, 1.807) is 10.7 Å². The molecular formula is C15H12N2O. The molecule has 0 atom stereocenters. The van der Waals surface area contributed by atoms with E-state index in [9.17, 15) is 4.79 Å². The molecule has 18 heavy (non-hydrogen) atoms. The van der Waals surface area contributed by atoms with Crippen LogP contribution in [0.5, 0.6) is 0 Å². The van der Waals surface area contributed by atoms with Crippen molar-refractivity contribution in [3.8, 4) is 0 Å². The lowest BCUT2D eigenvalue weighted by molar-refractivity contribution is 0.104. The van der Waals surface area contributed by atoms with Gasteiger partial charge >= 0.3 is 0 Å². The average Bonchev–Trinajstić information content (AvgIpc) is 2.82. The zero-order chi connectivity index (χ0) is 12.5. The lowest BCUT2D eigenvalue weighted by Gasteiger charge is -2.00. The third-order valence-corrected chi connectivity index (χ3v) is 2.95. The van der Waals surface area contributed by atoms with Gasteiger partial charge in [-0.1, -0.05) is 29.8 Å². The van der Waals surface area contributed by atoms with E-state index in [4.69, 9.17) is 0 Å². The Labute approximate surface area is 105 Å². The van der Waals surface area contributed by atoms with Gasteiger partial charge in [-0.15, -0.1) is 0 Å². The summed E-state index contributed by atoms with van der Waals surface area (Å²) >= 11 is 0. The first-order chi connectivity index (χ1) is 8.75. The minimum absolute atomic E-state index is 0.0138. The first-order valence-electron chi connectivity index (χ1n) is 5.79. The Kier molecular flexibility index (Phi) is 2.45. The number of pyridine rings is 1. The van der Waals surface area contributed by atoms with Crippen LogP contribution in [-0.4, -0.2) is 15.4 Å². The highest BCUT2D eigenvalue weighted by molar-refractivity contribution is 6.13. The summed E-state index contributed by atoms with van der Waals surface area (Å²) in [5.41, 5.74) is 3.26. The van der Waals surface area contributed by atoms with E-state index in [-0.39, 0.29) is 5.78 Å². The summed E-state index contributed by atoms with van der Waals surface area (Å²) in [6, 6.07) is 13.3. The van der Waals surface area contributed by atoms with Gasteiger partial charge in [0.1, 0.15) is 0 Å². The van der Waals surface area contributed by atoms with Crippen LogP contribution >= 0.6 is 0 Å². The highest BCUT2D eigenvalue weighted by Crippen LogP contribution is 2.16. The molecular weight excluding hydrogens is 224 g/mol. The third kappa shape index (κ3) is 1.70. The average molecular weight is 236 g/mol. The molecule has 88 valence electrons. The third-order valence-electron chi connectivity index (χ3n) is 2.95. The molecule has 1 aromatic carbocycles. The Morgan fingerprint density at radius 3 is 2.89 bits per heavy atom. The molecule has 0 aliphatic carbocycles. The number of carbonyl (C=O) groups is 1. The Morgan fingerprint density at radius 2 is 2.06 bits per heavy atom. The minimum atomic E-state index is 0.0138. The van der Waals surface area contributed by atoms with Crippen LogP contribution in [0.4, 0.5) is 0 Å². The van der Waals surface area contributed by atoms with Crippen LogP contribution in [0.15, 0.2) is 54.9 Å². The fourth-order valence-corrected chi connectivity index (χ4v) is 2.05. The molecule has 2 aromatic heterocycles. The molecule has 3 aromatic rings. The van der Waals surface area contributed by atoms with Crippen LogP contribution in [0.2, 0.25) is 0 Å². The molecule has 0 saturated heterocycles. The van der Waals surface area contributed by atoms with Gasteiger partial charge in [0.25, 0.3) is 0 Å². The maximum absolute atomic E-state index is 12.4. The number of carbonyl (C=O) groups excluding carboxylic acids is 1. The second-order valence-electron chi connectivity index (χ2n) is 4.29. The summed E-state index contributed by atoms with van der Waals surface area (Å²) in [5, 5.41) is 4.18.